The zero-order chi connectivity index (χ0) is 19.8. The van der Waals surface area contributed by atoms with Crippen LogP contribution in [0, 0.1) is 23.7 Å². The Balaban J connectivity index is 1.99. The van der Waals surface area contributed by atoms with Crippen molar-refractivity contribution in [2.45, 2.75) is 53.4 Å². The molecule has 148 valence electrons. The van der Waals surface area contributed by atoms with Crippen LogP contribution in [0.2, 0.25) is 0 Å². The van der Waals surface area contributed by atoms with Gasteiger partial charge in [-0.2, -0.15) is 0 Å². The van der Waals surface area contributed by atoms with Crippen LogP contribution in [0.4, 0.5) is 0 Å². The largest absolute Gasteiger partial charge is 0.381 e. The van der Waals surface area contributed by atoms with E-state index in [1.54, 1.807) is 0 Å². The minimum atomic E-state index is 0.509. The molecule has 0 spiro atoms. The summed E-state index contributed by atoms with van der Waals surface area (Å²) in [5.41, 5.74) is 2.83. The molecule has 0 saturated heterocycles. The summed E-state index contributed by atoms with van der Waals surface area (Å²) in [6.45, 7) is 15.6. The van der Waals surface area contributed by atoms with Gasteiger partial charge < -0.3 is 4.74 Å². The Kier molecular flexibility index (Phi) is 8.57. The summed E-state index contributed by atoms with van der Waals surface area (Å²) in [5, 5.41) is 0. The van der Waals surface area contributed by atoms with Crippen molar-refractivity contribution in [3.63, 3.8) is 0 Å². The fourth-order valence-corrected chi connectivity index (χ4v) is 4.18. The Hall–Kier alpha value is -1.60. The van der Waals surface area contributed by atoms with Crippen LogP contribution in [0.5, 0.6) is 0 Å². The lowest BCUT2D eigenvalue weighted by atomic mass is 9.80. The van der Waals surface area contributed by atoms with Crippen LogP contribution in [0.25, 0.3) is 0 Å². The first-order valence-electron chi connectivity index (χ1n) is 10.6. The Morgan fingerprint density at radius 2 is 0.889 bits per heavy atom. The SMILES string of the molecule is CC(C)C(COCC(C(C)C)C(C)c1ccccc1)C(C)c1ccccc1. The van der Waals surface area contributed by atoms with Crippen LogP contribution in [0.1, 0.15) is 64.5 Å². The maximum Gasteiger partial charge on any atom is 0.0502 e. The fraction of sp³-hybridized carbons (Fsp3) is 0.538. The standard InChI is InChI=1S/C26H38O/c1-19(2)25(21(5)23-13-9-7-10-14-23)17-27-18-26(20(3)4)22(6)24-15-11-8-12-16-24/h7-16,19-22,25-26H,17-18H2,1-6H3. The highest BCUT2D eigenvalue weighted by atomic mass is 16.5. The highest BCUT2D eigenvalue weighted by molar-refractivity contribution is 5.20. The van der Waals surface area contributed by atoms with Crippen molar-refractivity contribution in [1.29, 1.82) is 0 Å². The van der Waals surface area contributed by atoms with Crippen LogP contribution in [-0.4, -0.2) is 13.2 Å². The van der Waals surface area contributed by atoms with Crippen molar-refractivity contribution in [1.82, 2.24) is 0 Å². The third-order valence-electron chi connectivity index (χ3n) is 6.27. The van der Waals surface area contributed by atoms with E-state index >= 15 is 0 Å². The van der Waals surface area contributed by atoms with Gasteiger partial charge in [-0.25, -0.2) is 0 Å². The molecule has 2 aromatic rings. The van der Waals surface area contributed by atoms with Gasteiger partial charge in [0, 0.05) is 0 Å². The minimum absolute atomic E-state index is 0.509. The first-order valence-corrected chi connectivity index (χ1v) is 10.6. The molecular formula is C26H38O. The lowest BCUT2D eigenvalue weighted by Gasteiger charge is -2.31. The van der Waals surface area contributed by atoms with Gasteiger partial charge >= 0.3 is 0 Å². The van der Waals surface area contributed by atoms with Crippen LogP contribution >= 0.6 is 0 Å². The minimum Gasteiger partial charge on any atom is -0.381 e. The van der Waals surface area contributed by atoms with Gasteiger partial charge in [0.1, 0.15) is 0 Å². The highest BCUT2D eigenvalue weighted by Crippen LogP contribution is 2.33. The van der Waals surface area contributed by atoms with Crippen molar-refractivity contribution >= 4 is 0 Å². The average molecular weight is 367 g/mol. The van der Waals surface area contributed by atoms with Gasteiger partial charge in [-0.1, -0.05) is 102 Å². The van der Waals surface area contributed by atoms with Crippen molar-refractivity contribution in [2.75, 3.05) is 13.2 Å². The van der Waals surface area contributed by atoms with E-state index in [-0.39, 0.29) is 0 Å². The molecule has 2 aromatic carbocycles. The molecule has 0 radical (unpaired) electrons. The molecular weight excluding hydrogens is 328 g/mol. The molecule has 0 fully saturated rings. The molecule has 0 aromatic heterocycles. The maximum atomic E-state index is 6.37. The van der Waals surface area contributed by atoms with E-state index in [0.717, 1.165) is 13.2 Å². The van der Waals surface area contributed by atoms with Gasteiger partial charge in [0.15, 0.2) is 0 Å². The van der Waals surface area contributed by atoms with Gasteiger partial charge in [0.05, 0.1) is 13.2 Å². The third-order valence-corrected chi connectivity index (χ3v) is 6.27. The van der Waals surface area contributed by atoms with Crippen molar-refractivity contribution in [2.24, 2.45) is 23.7 Å². The van der Waals surface area contributed by atoms with E-state index in [2.05, 4.69) is 102 Å². The van der Waals surface area contributed by atoms with Crippen LogP contribution < -0.4 is 0 Å². The van der Waals surface area contributed by atoms with E-state index < -0.39 is 0 Å². The fourth-order valence-electron chi connectivity index (χ4n) is 4.18. The average Bonchev–Trinajstić information content (AvgIpc) is 2.68. The topological polar surface area (TPSA) is 9.23 Å². The van der Waals surface area contributed by atoms with E-state index in [1.807, 2.05) is 0 Å². The first kappa shape index (κ1) is 21.7. The maximum absolute atomic E-state index is 6.37. The Labute approximate surface area is 167 Å². The van der Waals surface area contributed by atoms with Crippen LogP contribution in [-0.2, 0) is 4.74 Å². The van der Waals surface area contributed by atoms with E-state index in [1.165, 1.54) is 11.1 Å². The number of rotatable bonds is 10. The molecule has 4 unspecified atom stereocenters. The summed E-state index contributed by atoms with van der Waals surface area (Å²) < 4.78 is 6.37. The van der Waals surface area contributed by atoms with E-state index in [9.17, 15) is 0 Å². The van der Waals surface area contributed by atoms with Crippen molar-refractivity contribution < 1.29 is 4.74 Å². The summed E-state index contributed by atoms with van der Waals surface area (Å²) in [4.78, 5) is 0. The molecule has 0 N–H and O–H groups in total. The summed E-state index contributed by atoms with van der Waals surface area (Å²) in [5.74, 6) is 3.29. The molecule has 4 atom stereocenters. The molecule has 2 rings (SSSR count). The van der Waals surface area contributed by atoms with Gasteiger partial charge in [-0.05, 0) is 46.6 Å². The molecule has 0 heterocycles. The number of hydrogen-bond acceptors (Lipinski definition) is 1. The van der Waals surface area contributed by atoms with E-state index in [4.69, 9.17) is 4.74 Å². The quantitative estimate of drug-likeness (QED) is 0.433. The lowest BCUT2D eigenvalue weighted by molar-refractivity contribution is 0.0339. The molecule has 0 amide bonds. The van der Waals surface area contributed by atoms with Crippen LogP contribution in [0.15, 0.2) is 60.7 Å². The van der Waals surface area contributed by atoms with Gasteiger partial charge in [0.2, 0.25) is 0 Å². The summed E-state index contributed by atoms with van der Waals surface area (Å²) in [6, 6.07) is 21.7. The van der Waals surface area contributed by atoms with Gasteiger partial charge in [0.25, 0.3) is 0 Å². The monoisotopic (exact) mass is 366 g/mol. The number of ether oxygens (including phenoxy) is 1. The molecule has 27 heavy (non-hydrogen) atoms. The first-order chi connectivity index (χ1) is 12.9. The third kappa shape index (κ3) is 6.21. The van der Waals surface area contributed by atoms with Gasteiger partial charge in [-0.15, -0.1) is 0 Å². The zero-order valence-electron chi connectivity index (χ0n) is 18.1. The molecule has 1 heteroatoms. The van der Waals surface area contributed by atoms with Crippen LogP contribution in [0.3, 0.4) is 0 Å². The van der Waals surface area contributed by atoms with Crippen molar-refractivity contribution in [3.8, 4) is 0 Å². The molecule has 0 aliphatic rings. The molecule has 0 aliphatic carbocycles. The lowest BCUT2D eigenvalue weighted by Crippen LogP contribution is -2.27. The highest BCUT2D eigenvalue weighted by Gasteiger charge is 2.26. The summed E-state index contributed by atoms with van der Waals surface area (Å²) in [6.07, 6.45) is 0. The molecule has 0 aliphatic heterocycles. The van der Waals surface area contributed by atoms with Crippen molar-refractivity contribution in [3.05, 3.63) is 71.8 Å². The molecule has 0 saturated carbocycles. The summed E-state index contributed by atoms with van der Waals surface area (Å²) in [7, 11) is 0. The summed E-state index contributed by atoms with van der Waals surface area (Å²) >= 11 is 0. The number of hydrogen-bond donors (Lipinski definition) is 0. The predicted octanol–water partition coefficient (Wildman–Crippen LogP) is 7.15. The second-order valence-corrected chi connectivity index (χ2v) is 8.75. The Morgan fingerprint density at radius 3 is 1.19 bits per heavy atom. The molecule has 1 nitrogen and oxygen atoms in total. The normalized spacial score (nSPS) is 16.3. The Bertz CT molecular complexity index is 574. The second kappa shape index (κ2) is 10.7. The molecule has 0 bridgehead atoms. The Morgan fingerprint density at radius 1 is 0.556 bits per heavy atom. The van der Waals surface area contributed by atoms with E-state index in [0.29, 0.717) is 35.5 Å². The second-order valence-electron chi connectivity index (χ2n) is 8.75. The smallest absolute Gasteiger partial charge is 0.0502 e. The number of benzene rings is 2. The van der Waals surface area contributed by atoms with Gasteiger partial charge in [-0.3, -0.25) is 0 Å². The predicted molar refractivity (Wildman–Crippen MR) is 117 cm³/mol. The zero-order valence-corrected chi connectivity index (χ0v) is 18.1.